The second kappa shape index (κ2) is 7.24. The van der Waals surface area contributed by atoms with E-state index >= 15 is 0 Å². The minimum absolute atomic E-state index is 0.0632. The predicted molar refractivity (Wildman–Crippen MR) is 92.6 cm³/mol. The fraction of sp³-hybridized carbons (Fsp3) is 0.438. The molecule has 12 nitrogen and oxygen atoms in total. The van der Waals surface area contributed by atoms with Crippen LogP contribution in [-0.4, -0.2) is 72.0 Å². The zero-order valence-electron chi connectivity index (χ0n) is 14.8. The lowest BCUT2D eigenvalue weighted by atomic mass is 10.1. The summed E-state index contributed by atoms with van der Waals surface area (Å²) in [6.07, 6.45) is -1.66. The number of nitrogens with zero attached hydrogens (tertiary/aromatic N) is 4. The molecule has 0 amide bonds. The lowest BCUT2D eigenvalue weighted by molar-refractivity contribution is -0.0511. The summed E-state index contributed by atoms with van der Waals surface area (Å²) in [6.45, 7) is -0.318. The van der Waals surface area contributed by atoms with Gasteiger partial charge in [-0.3, -0.25) is 4.57 Å². The Bertz CT molecular complexity index is 974. The van der Waals surface area contributed by atoms with E-state index in [0.717, 1.165) is 0 Å². The first-order valence-electron chi connectivity index (χ1n) is 8.43. The first kappa shape index (κ1) is 18.4. The Morgan fingerprint density at radius 2 is 2.07 bits per heavy atom. The van der Waals surface area contributed by atoms with E-state index in [4.69, 9.17) is 13.9 Å². The van der Waals surface area contributed by atoms with Crippen molar-refractivity contribution in [1.29, 1.82) is 0 Å². The summed E-state index contributed by atoms with van der Waals surface area (Å²) in [6, 6.07) is 1.35. The number of fused-ring (bicyclic) bond motifs is 1. The van der Waals surface area contributed by atoms with Gasteiger partial charge in [-0.2, -0.15) is 0 Å². The van der Waals surface area contributed by atoms with Gasteiger partial charge >= 0.3 is 0 Å². The molecule has 4 rings (SSSR count). The normalized spacial score (nSPS) is 24.7. The molecule has 0 aromatic carbocycles. The molecule has 1 fully saturated rings. The Kier molecular flexibility index (Phi) is 4.77. The van der Waals surface area contributed by atoms with Crippen LogP contribution in [0.3, 0.4) is 0 Å². The second-order valence-corrected chi connectivity index (χ2v) is 6.21. The second-order valence-electron chi connectivity index (χ2n) is 6.21. The maximum Gasteiger partial charge on any atom is 0.288 e. The maximum absolute atomic E-state index is 10.2. The number of aromatic hydroxyl groups is 1. The number of furan rings is 1. The summed E-state index contributed by atoms with van der Waals surface area (Å²) in [5.74, 6) is 0.735. The van der Waals surface area contributed by atoms with Crippen molar-refractivity contribution >= 4 is 17.0 Å². The van der Waals surface area contributed by atoms with Crippen LogP contribution < -0.4 is 10.1 Å². The first-order chi connectivity index (χ1) is 13.5. The third kappa shape index (κ3) is 3.01. The SMILES string of the molecule is COc1cc(O)c(CNc2ncnc3c2ncn3C2O[C@H](CO)[C@@H](O)[C@@H]2O)o1. The van der Waals surface area contributed by atoms with Crippen molar-refractivity contribution in [3.05, 3.63) is 24.5 Å². The first-order valence-corrected chi connectivity index (χ1v) is 8.43. The molecule has 3 aromatic heterocycles. The van der Waals surface area contributed by atoms with Crippen LogP contribution in [0.4, 0.5) is 5.82 Å². The van der Waals surface area contributed by atoms with Crippen LogP contribution >= 0.6 is 0 Å². The number of imidazole rings is 1. The van der Waals surface area contributed by atoms with Gasteiger partial charge in [-0.15, -0.1) is 0 Å². The average molecular weight is 393 g/mol. The lowest BCUT2D eigenvalue weighted by Crippen LogP contribution is -2.33. The van der Waals surface area contributed by atoms with Crippen LogP contribution in [-0.2, 0) is 11.3 Å². The molecule has 150 valence electrons. The Labute approximate surface area is 158 Å². The molecule has 0 radical (unpaired) electrons. The molecule has 5 N–H and O–H groups in total. The molecule has 1 aliphatic heterocycles. The van der Waals surface area contributed by atoms with E-state index in [1.807, 2.05) is 0 Å². The van der Waals surface area contributed by atoms with Crippen molar-refractivity contribution in [1.82, 2.24) is 19.5 Å². The van der Waals surface area contributed by atoms with Gasteiger partial charge in [0.05, 0.1) is 32.7 Å². The molecule has 0 aliphatic carbocycles. The number of hydrogen-bond donors (Lipinski definition) is 5. The molecular weight excluding hydrogens is 374 g/mol. The van der Waals surface area contributed by atoms with E-state index in [2.05, 4.69) is 20.3 Å². The minimum Gasteiger partial charge on any atom is -0.504 e. The van der Waals surface area contributed by atoms with E-state index in [1.165, 1.54) is 30.4 Å². The van der Waals surface area contributed by atoms with Gasteiger partial charge in [-0.1, -0.05) is 0 Å². The Hall–Kier alpha value is -2.93. The summed E-state index contributed by atoms with van der Waals surface area (Å²) >= 11 is 0. The largest absolute Gasteiger partial charge is 0.504 e. The van der Waals surface area contributed by atoms with Crippen LogP contribution in [0.25, 0.3) is 11.2 Å². The number of methoxy groups -OCH3 is 1. The highest BCUT2D eigenvalue weighted by Crippen LogP contribution is 2.32. The zero-order chi connectivity index (χ0) is 19.8. The number of aromatic nitrogens is 4. The number of aliphatic hydroxyl groups is 3. The molecule has 1 aliphatic rings. The van der Waals surface area contributed by atoms with E-state index in [9.17, 15) is 20.4 Å². The van der Waals surface area contributed by atoms with Crippen LogP contribution in [0.5, 0.6) is 11.7 Å². The zero-order valence-corrected chi connectivity index (χ0v) is 14.8. The molecule has 1 saturated heterocycles. The van der Waals surface area contributed by atoms with Crippen molar-refractivity contribution in [3.8, 4) is 11.7 Å². The summed E-state index contributed by atoms with van der Waals surface area (Å²) in [5.41, 5.74) is 0.742. The molecule has 0 saturated carbocycles. The Balaban J connectivity index is 1.59. The van der Waals surface area contributed by atoms with E-state index in [1.54, 1.807) is 0 Å². The average Bonchev–Trinajstić information content (AvgIpc) is 3.37. The molecule has 0 bridgehead atoms. The van der Waals surface area contributed by atoms with Crippen molar-refractivity contribution in [2.45, 2.75) is 31.1 Å². The summed E-state index contributed by atoms with van der Waals surface area (Å²) in [5, 5.41) is 42.3. The third-order valence-electron chi connectivity index (χ3n) is 4.53. The number of rotatable bonds is 6. The topological polar surface area (TPSA) is 168 Å². The Morgan fingerprint density at radius 3 is 2.75 bits per heavy atom. The van der Waals surface area contributed by atoms with Crippen molar-refractivity contribution in [2.24, 2.45) is 0 Å². The van der Waals surface area contributed by atoms with E-state index in [-0.39, 0.29) is 24.0 Å². The fourth-order valence-electron chi connectivity index (χ4n) is 3.06. The molecule has 4 heterocycles. The van der Waals surface area contributed by atoms with Gasteiger partial charge < -0.3 is 39.6 Å². The van der Waals surface area contributed by atoms with E-state index in [0.29, 0.717) is 17.0 Å². The van der Waals surface area contributed by atoms with Crippen molar-refractivity contribution < 1.29 is 34.3 Å². The monoisotopic (exact) mass is 393 g/mol. The van der Waals surface area contributed by atoms with Crippen LogP contribution in [0.1, 0.15) is 12.0 Å². The number of ether oxygens (including phenoxy) is 2. The lowest BCUT2D eigenvalue weighted by Gasteiger charge is -2.16. The van der Waals surface area contributed by atoms with Gasteiger partial charge in [0, 0.05) is 0 Å². The standard InChI is InChI=1S/C16H19N5O7/c1-26-10-2-7(23)8(27-10)3-17-14-11-15(19-5-18-14)21(6-20-11)16-13(25)12(24)9(4-22)28-16/h2,5-6,9,12-13,16,22-25H,3-4H2,1H3,(H,17,18,19)/t9-,12-,13+,16?/m1/s1. The van der Waals surface area contributed by atoms with Crippen molar-refractivity contribution in [3.63, 3.8) is 0 Å². The van der Waals surface area contributed by atoms with Gasteiger partial charge in [0.1, 0.15) is 24.6 Å². The van der Waals surface area contributed by atoms with Gasteiger partial charge in [0.2, 0.25) is 0 Å². The smallest absolute Gasteiger partial charge is 0.288 e. The Morgan fingerprint density at radius 1 is 1.25 bits per heavy atom. The highest BCUT2D eigenvalue weighted by Gasteiger charge is 2.44. The van der Waals surface area contributed by atoms with Crippen LogP contribution in [0.2, 0.25) is 0 Å². The van der Waals surface area contributed by atoms with Gasteiger partial charge in [0.15, 0.2) is 34.7 Å². The van der Waals surface area contributed by atoms with Gasteiger partial charge in [-0.05, 0) is 0 Å². The summed E-state index contributed by atoms with van der Waals surface area (Å²) in [4.78, 5) is 12.6. The molecule has 4 atom stereocenters. The predicted octanol–water partition coefficient (Wildman–Crippen LogP) is -0.643. The van der Waals surface area contributed by atoms with Gasteiger partial charge in [0.25, 0.3) is 5.95 Å². The highest BCUT2D eigenvalue weighted by molar-refractivity contribution is 5.82. The number of hydrogen-bond acceptors (Lipinski definition) is 11. The molecule has 12 heteroatoms. The summed E-state index contributed by atoms with van der Waals surface area (Å²) < 4.78 is 17.2. The molecule has 28 heavy (non-hydrogen) atoms. The highest BCUT2D eigenvalue weighted by atomic mass is 16.6. The number of anilines is 1. The summed E-state index contributed by atoms with van der Waals surface area (Å²) in [7, 11) is 1.42. The third-order valence-corrected chi connectivity index (χ3v) is 4.53. The number of aliphatic hydroxyl groups excluding tert-OH is 3. The van der Waals surface area contributed by atoms with Crippen LogP contribution in [0.15, 0.2) is 23.1 Å². The molecule has 0 spiro atoms. The fourth-order valence-corrected chi connectivity index (χ4v) is 3.06. The van der Waals surface area contributed by atoms with E-state index < -0.39 is 31.1 Å². The molecule has 3 aromatic rings. The van der Waals surface area contributed by atoms with Gasteiger partial charge in [-0.25, -0.2) is 15.0 Å². The molecule has 1 unspecified atom stereocenters. The minimum atomic E-state index is -1.26. The van der Waals surface area contributed by atoms with Crippen LogP contribution in [0, 0.1) is 0 Å². The number of nitrogens with one attached hydrogen (secondary N) is 1. The quantitative estimate of drug-likeness (QED) is 0.361. The maximum atomic E-state index is 10.2. The van der Waals surface area contributed by atoms with Crippen molar-refractivity contribution in [2.75, 3.05) is 19.0 Å². The molecular formula is C16H19N5O7.